The molecule has 1 aliphatic heterocycles. The van der Waals surface area contributed by atoms with Crippen LogP contribution in [0.5, 0.6) is 0 Å². The summed E-state index contributed by atoms with van der Waals surface area (Å²) >= 11 is 0. The van der Waals surface area contributed by atoms with Gasteiger partial charge in [-0.1, -0.05) is 0 Å². The molecule has 0 aromatic heterocycles. The molecular formula is C7H14N2O3. The molecule has 2 amide bonds. The topological polar surface area (TPSA) is 50.8 Å². The third-order valence-electron chi connectivity index (χ3n) is 1.61. The Hall–Kier alpha value is -0.810. The van der Waals surface area contributed by atoms with Crippen LogP contribution in [0.2, 0.25) is 0 Å². The molecule has 12 heavy (non-hydrogen) atoms. The van der Waals surface area contributed by atoms with Gasteiger partial charge in [0.25, 0.3) is 0 Å². The zero-order chi connectivity index (χ0) is 8.97. The highest BCUT2D eigenvalue weighted by molar-refractivity contribution is 5.72. The van der Waals surface area contributed by atoms with Gasteiger partial charge in [0.2, 0.25) is 0 Å². The average Bonchev–Trinajstić information content (AvgIpc) is 2.51. The molecule has 1 heterocycles. The summed E-state index contributed by atoms with van der Waals surface area (Å²) in [6, 6.07) is -0.248. The van der Waals surface area contributed by atoms with E-state index in [2.05, 4.69) is 5.48 Å². The van der Waals surface area contributed by atoms with Crippen LogP contribution in [0.25, 0.3) is 0 Å². The van der Waals surface area contributed by atoms with Crippen LogP contribution < -0.4 is 5.48 Å². The van der Waals surface area contributed by atoms with E-state index in [4.69, 9.17) is 9.57 Å². The summed E-state index contributed by atoms with van der Waals surface area (Å²) in [5.41, 5.74) is 2.33. The first-order valence-electron chi connectivity index (χ1n) is 3.91. The fourth-order valence-electron chi connectivity index (χ4n) is 0.831. The third kappa shape index (κ3) is 2.67. The van der Waals surface area contributed by atoms with E-state index in [0.717, 1.165) is 6.42 Å². The molecule has 5 heteroatoms. The molecular weight excluding hydrogens is 160 g/mol. The van der Waals surface area contributed by atoms with E-state index < -0.39 is 0 Å². The summed E-state index contributed by atoms with van der Waals surface area (Å²) < 4.78 is 5.06. The normalized spacial score (nSPS) is 22.3. The second kappa shape index (κ2) is 4.27. The van der Waals surface area contributed by atoms with E-state index >= 15 is 0 Å². The molecule has 5 nitrogen and oxygen atoms in total. The van der Waals surface area contributed by atoms with Gasteiger partial charge in [0.1, 0.15) is 6.10 Å². The van der Waals surface area contributed by atoms with Crippen molar-refractivity contribution in [2.45, 2.75) is 12.5 Å². The Bertz CT molecular complexity index is 155. The molecule has 0 saturated carbocycles. The van der Waals surface area contributed by atoms with Gasteiger partial charge in [-0.25, -0.2) is 10.3 Å². The third-order valence-corrected chi connectivity index (χ3v) is 1.61. The van der Waals surface area contributed by atoms with Crippen molar-refractivity contribution in [3.8, 4) is 0 Å². The Labute approximate surface area is 71.6 Å². The number of carbonyl (C=O) groups is 1. The number of hydrogen-bond acceptors (Lipinski definition) is 3. The Kier molecular flexibility index (Phi) is 3.31. The van der Waals surface area contributed by atoms with E-state index in [1.807, 2.05) is 0 Å². The van der Waals surface area contributed by atoms with Gasteiger partial charge in [-0.05, 0) is 0 Å². The maximum atomic E-state index is 10.9. The number of amides is 2. The summed E-state index contributed by atoms with van der Waals surface area (Å²) in [5.74, 6) is 0. The molecule has 0 aliphatic carbocycles. The quantitative estimate of drug-likeness (QED) is 0.598. The first-order valence-corrected chi connectivity index (χ1v) is 3.91. The number of urea groups is 1. The van der Waals surface area contributed by atoms with Gasteiger partial charge in [0.15, 0.2) is 0 Å². The number of hydroxylamine groups is 1. The highest BCUT2D eigenvalue weighted by Gasteiger charge is 2.17. The lowest BCUT2D eigenvalue weighted by molar-refractivity contribution is -0.0130. The fourth-order valence-corrected chi connectivity index (χ4v) is 0.831. The van der Waals surface area contributed by atoms with Crippen molar-refractivity contribution in [2.75, 3.05) is 27.3 Å². The zero-order valence-corrected chi connectivity index (χ0v) is 7.37. The molecule has 1 saturated heterocycles. The lowest BCUT2D eigenvalue weighted by Gasteiger charge is -2.14. The minimum Gasteiger partial charge on any atom is -0.379 e. The van der Waals surface area contributed by atoms with Crippen molar-refractivity contribution in [2.24, 2.45) is 0 Å². The molecule has 0 aromatic carbocycles. The first-order chi connectivity index (χ1) is 5.70. The summed E-state index contributed by atoms with van der Waals surface area (Å²) in [4.78, 5) is 17.4. The van der Waals surface area contributed by atoms with E-state index in [1.165, 1.54) is 4.90 Å². The van der Waals surface area contributed by atoms with E-state index in [1.54, 1.807) is 14.1 Å². The highest BCUT2D eigenvalue weighted by atomic mass is 16.7. The zero-order valence-electron chi connectivity index (χ0n) is 7.37. The number of ether oxygens (including phenoxy) is 1. The molecule has 0 aromatic rings. The van der Waals surface area contributed by atoms with E-state index in [-0.39, 0.29) is 12.1 Å². The summed E-state index contributed by atoms with van der Waals surface area (Å²) in [7, 11) is 3.31. The highest BCUT2D eigenvalue weighted by Crippen LogP contribution is 2.05. The number of carbonyl (C=O) groups excluding carboxylic acids is 1. The Morgan fingerprint density at radius 2 is 2.42 bits per heavy atom. The molecule has 1 N–H and O–H groups in total. The standard InChI is InChI=1S/C7H14N2O3/c1-9(2)7(10)8-12-6-3-4-11-5-6/h6H,3-5H2,1-2H3,(H,8,10). The Morgan fingerprint density at radius 1 is 1.67 bits per heavy atom. The van der Waals surface area contributed by atoms with Crippen LogP contribution in [0.4, 0.5) is 4.79 Å². The Balaban J connectivity index is 2.12. The van der Waals surface area contributed by atoms with Crippen LogP contribution in [-0.2, 0) is 9.57 Å². The molecule has 1 fully saturated rings. The van der Waals surface area contributed by atoms with Crippen molar-refractivity contribution in [3.63, 3.8) is 0 Å². The molecule has 1 aliphatic rings. The smallest absolute Gasteiger partial charge is 0.340 e. The fraction of sp³-hybridized carbons (Fsp3) is 0.857. The summed E-state index contributed by atoms with van der Waals surface area (Å²) in [6.45, 7) is 1.27. The van der Waals surface area contributed by atoms with Crippen molar-refractivity contribution in [3.05, 3.63) is 0 Å². The summed E-state index contributed by atoms with van der Waals surface area (Å²) in [6.07, 6.45) is 0.849. The maximum Gasteiger partial charge on any atom is 0.340 e. The van der Waals surface area contributed by atoms with Crippen molar-refractivity contribution < 1.29 is 14.4 Å². The van der Waals surface area contributed by atoms with Crippen LogP contribution in [-0.4, -0.2) is 44.3 Å². The van der Waals surface area contributed by atoms with Crippen molar-refractivity contribution >= 4 is 6.03 Å². The van der Waals surface area contributed by atoms with Gasteiger partial charge >= 0.3 is 6.03 Å². The van der Waals surface area contributed by atoms with Crippen LogP contribution in [0.1, 0.15) is 6.42 Å². The van der Waals surface area contributed by atoms with Crippen LogP contribution in [0.15, 0.2) is 0 Å². The number of nitrogens with zero attached hydrogens (tertiary/aromatic N) is 1. The molecule has 0 spiro atoms. The monoisotopic (exact) mass is 174 g/mol. The number of nitrogens with one attached hydrogen (secondary N) is 1. The van der Waals surface area contributed by atoms with Crippen LogP contribution in [0, 0.1) is 0 Å². The van der Waals surface area contributed by atoms with Crippen molar-refractivity contribution in [1.29, 1.82) is 0 Å². The first kappa shape index (κ1) is 9.28. The minimum atomic E-state index is -0.248. The molecule has 70 valence electrons. The number of hydrogen-bond donors (Lipinski definition) is 1. The van der Waals surface area contributed by atoms with E-state index in [9.17, 15) is 4.79 Å². The minimum absolute atomic E-state index is 0.00824. The largest absolute Gasteiger partial charge is 0.379 e. The van der Waals surface area contributed by atoms with Gasteiger partial charge in [0, 0.05) is 27.1 Å². The van der Waals surface area contributed by atoms with Crippen LogP contribution >= 0.6 is 0 Å². The van der Waals surface area contributed by atoms with Gasteiger partial charge in [-0.3, -0.25) is 4.84 Å². The van der Waals surface area contributed by atoms with Crippen LogP contribution in [0.3, 0.4) is 0 Å². The maximum absolute atomic E-state index is 10.9. The lowest BCUT2D eigenvalue weighted by atomic mass is 10.3. The SMILES string of the molecule is CN(C)C(=O)NOC1CCOC1. The predicted molar refractivity (Wildman–Crippen MR) is 42.5 cm³/mol. The molecule has 1 atom stereocenters. The average molecular weight is 174 g/mol. The van der Waals surface area contributed by atoms with Gasteiger partial charge < -0.3 is 9.64 Å². The van der Waals surface area contributed by atoms with Gasteiger partial charge in [-0.2, -0.15) is 0 Å². The summed E-state index contributed by atoms with van der Waals surface area (Å²) in [5, 5.41) is 0. The van der Waals surface area contributed by atoms with E-state index in [0.29, 0.717) is 13.2 Å². The number of rotatable bonds is 2. The molecule has 1 rings (SSSR count). The molecule has 0 radical (unpaired) electrons. The van der Waals surface area contributed by atoms with Gasteiger partial charge in [-0.15, -0.1) is 0 Å². The predicted octanol–water partition coefficient (Wildman–Crippen LogP) is -0.0219. The second-order valence-electron chi connectivity index (χ2n) is 2.91. The lowest BCUT2D eigenvalue weighted by Crippen LogP contribution is -2.37. The van der Waals surface area contributed by atoms with Gasteiger partial charge in [0.05, 0.1) is 6.61 Å². The Morgan fingerprint density at radius 3 is 2.92 bits per heavy atom. The molecule has 0 bridgehead atoms. The molecule has 1 unspecified atom stereocenters. The van der Waals surface area contributed by atoms with Crippen molar-refractivity contribution in [1.82, 2.24) is 10.4 Å². The second-order valence-corrected chi connectivity index (χ2v) is 2.91.